The van der Waals surface area contributed by atoms with Crippen molar-refractivity contribution in [2.24, 2.45) is 0 Å². The van der Waals surface area contributed by atoms with Gasteiger partial charge in [0, 0.05) is 10.0 Å². The van der Waals surface area contributed by atoms with E-state index in [1.165, 1.54) is 12.1 Å². The highest BCUT2D eigenvalue weighted by molar-refractivity contribution is 9.10. The van der Waals surface area contributed by atoms with E-state index in [2.05, 4.69) is 15.9 Å². The Hall–Kier alpha value is -2.01. The monoisotopic (exact) mass is 450 g/mol. The smallest absolute Gasteiger partial charge is 0.186 e. The third-order valence-electron chi connectivity index (χ3n) is 3.46. The lowest BCUT2D eigenvalue weighted by Gasteiger charge is -2.04. The van der Waals surface area contributed by atoms with Crippen LogP contribution in [0.1, 0.15) is 21.9 Å². The van der Waals surface area contributed by atoms with E-state index in [-0.39, 0.29) is 5.78 Å². The second kappa shape index (κ2) is 8.58. The molecular formula is C20H13BrCl2O3. The van der Waals surface area contributed by atoms with Crippen LogP contribution < -0.4 is 4.74 Å². The van der Waals surface area contributed by atoms with Crippen molar-refractivity contribution in [1.82, 2.24) is 0 Å². The number of hydrogen-bond acceptors (Lipinski definition) is 3. The number of hydrogen-bond donors (Lipinski definition) is 0. The van der Waals surface area contributed by atoms with Gasteiger partial charge in [-0.25, -0.2) is 0 Å². The molecule has 132 valence electrons. The Morgan fingerprint density at radius 1 is 1.08 bits per heavy atom. The van der Waals surface area contributed by atoms with Crippen LogP contribution in [0.3, 0.4) is 0 Å². The number of carbonyl (C=O) groups is 1. The summed E-state index contributed by atoms with van der Waals surface area (Å²) in [5.74, 6) is 1.77. The fourth-order valence-corrected chi connectivity index (χ4v) is 2.85. The van der Waals surface area contributed by atoms with Gasteiger partial charge in [0.05, 0.1) is 10.0 Å². The normalized spacial score (nSPS) is 11.0. The molecular weight excluding hydrogens is 439 g/mol. The van der Waals surface area contributed by atoms with Crippen LogP contribution in [-0.4, -0.2) is 5.78 Å². The predicted molar refractivity (Wildman–Crippen MR) is 107 cm³/mol. The first kappa shape index (κ1) is 18.8. The van der Waals surface area contributed by atoms with Gasteiger partial charge in [0.1, 0.15) is 23.9 Å². The summed E-state index contributed by atoms with van der Waals surface area (Å²) in [4.78, 5) is 12.2. The molecule has 0 N–H and O–H groups in total. The lowest BCUT2D eigenvalue weighted by Crippen LogP contribution is -1.94. The summed E-state index contributed by atoms with van der Waals surface area (Å²) in [7, 11) is 0. The third-order valence-corrected chi connectivity index (χ3v) is 4.69. The van der Waals surface area contributed by atoms with Gasteiger partial charge in [-0.05, 0) is 60.7 Å². The van der Waals surface area contributed by atoms with Crippen LogP contribution >= 0.6 is 39.1 Å². The van der Waals surface area contributed by atoms with Crippen LogP contribution in [0.15, 0.2) is 69.6 Å². The van der Waals surface area contributed by atoms with Crippen molar-refractivity contribution in [2.45, 2.75) is 6.61 Å². The van der Waals surface area contributed by atoms with E-state index in [0.29, 0.717) is 33.7 Å². The molecule has 3 nitrogen and oxygen atoms in total. The second-order valence-electron chi connectivity index (χ2n) is 5.38. The fraction of sp³-hybridized carbons (Fsp3) is 0.0500. The van der Waals surface area contributed by atoms with Gasteiger partial charge in [-0.1, -0.05) is 45.2 Å². The maximum Gasteiger partial charge on any atom is 0.186 e. The SMILES string of the molecule is O=C(/C=C/c1ccc(COc2cccc(Br)c2)o1)c1ccc(Cl)c(Cl)c1. The number of halogens is 3. The maximum absolute atomic E-state index is 12.2. The lowest BCUT2D eigenvalue weighted by atomic mass is 10.1. The van der Waals surface area contributed by atoms with Gasteiger partial charge in [-0.2, -0.15) is 0 Å². The highest BCUT2D eigenvalue weighted by Gasteiger charge is 2.06. The molecule has 0 aliphatic heterocycles. The fourth-order valence-electron chi connectivity index (χ4n) is 2.18. The van der Waals surface area contributed by atoms with Crippen molar-refractivity contribution >= 4 is 51.0 Å². The summed E-state index contributed by atoms with van der Waals surface area (Å²) in [5.41, 5.74) is 0.459. The number of benzene rings is 2. The minimum absolute atomic E-state index is 0.188. The van der Waals surface area contributed by atoms with E-state index in [0.717, 1.165) is 10.2 Å². The number of ether oxygens (including phenoxy) is 1. The molecule has 0 radical (unpaired) electrons. The average Bonchev–Trinajstić information content (AvgIpc) is 3.08. The van der Waals surface area contributed by atoms with Gasteiger partial charge in [0.15, 0.2) is 5.78 Å². The Bertz CT molecular complexity index is 963. The van der Waals surface area contributed by atoms with E-state index < -0.39 is 0 Å². The summed E-state index contributed by atoms with van der Waals surface area (Å²) in [5, 5.41) is 0.754. The Morgan fingerprint density at radius 2 is 1.92 bits per heavy atom. The summed E-state index contributed by atoms with van der Waals surface area (Å²) >= 11 is 15.2. The first-order valence-corrected chi connectivity index (χ1v) is 9.21. The molecule has 0 saturated heterocycles. The zero-order chi connectivity index (χ0) is 18.5. The van der Waals surface area contributed by atoms with Gasteiger partial charge in [0.2, 0.25) is 0 Å². The first-order valence-electron chi connectivity index (χ1n) is 7.66. The van der Waals surface area contributed by atoms with Crippen LogP contribution in [-0.2, 0) is 6.61 Å². The maximum atomic E-state index is 12.2. The first-order chi connectivity index (χ1) is 12.5. The molecule has 1 heterocycles. The van der Waals surface area contributed by atoms with Gasteiger partial charge in [0.25, 0.3) is 0 Å². The molecule has 3 rings (SSSR count). The van der Waals surface area contributed by atoms with Gasteiger partial charge >= 0.3 is 0 Å². The summed E-state index contributed by atoms with van der Waals surface area (Å²) in [6.07, 6.45) is 3.03. The molecule has 0 amide bonds. The minimum Gasteiger partial charge on any atom is -0.486 e. The molecule has 6 heteroatoms. The largest absolute Gasteiger partial charge is 0.486 e. The molecule has 0 aliphatic carbocycles. The van der Waals surface area contributed by atoms with Crippen LogP contribution in [0.4, 0.5) is 0 Å². The van der Waals surface area contributed by atoms with Gasteiger partial charge in [-0.15, -0.1) is 0 Å². The van der Waals surface area contributed by atoms with Gasteiger partial charge in [-0.3, -0.25) is 4.79 Å². The Kier molecular flexibility index (Phi) is 6.20. The van der Waals surface area contributed by atoms with E-state index in [1.54, 1.807) is 30.3 Å². The van der Waals surface area contributed by atoms with E-state index in [1.807, 2.05) is 24.3 Å². The number of carbonyl (C=O) groups excluding carboxylic acids is 1. The molecule has 0 bridgehead atoms. The second-order valence-corrected chi connectivity index (χ2v) is 7.11. The van der Waals surface area contributed by atoms with Crippen LogP contribution in [0.25, 0.3) is 6.08 Å². The molecule has 1 aromatic heterocycles. The summed E-state index contributed by atoms with van der Waals surface area (Å²) < 4.78 is 12.2. The molecule has 0 saturated carbocycles. The van der Waals surface area contributed by atoms with Gasteiger partial charge < -0.3 is 9.15 Å². The minimum atomic E-state index is -0.188. The highest BCUT2D eigenvalue weighted by atomic mass is 79.9. The molecule has 0 fully saturated rings. The van der Waals surface area contributed by atoms with Crippen LogP contribution in [0.5, 0.6) is 5.75 Å². The van der Waals surface area contributed by atoms with Crippen molar-refractivity contribution in [3.63, 3.8) is 0 Å². The molecule has 0 atom stereocenters. The van der Waals surface area contributed by atoms with Crippen molar-refractivity contribution in [3.8, 4) is 5.75 Å². The standard InChI is InChI=1S/C20H13BrCl2O3/c21-14-2-1-3-16(11-14)25-12-17-6-5-15(26-17)7-9-20(24)13-4-8-18(22)19(23)10-13/h1-11H,12H2/b9-7+. The predicted octanol–water partition coefficient (Wildman–Crippen LogP) is 6.82. The zero-order valence-corrected chi connectivity index (χ0v) is 16.5. The lowest BCUT2D eigenvalue weighted by molar-refractivity contribution is 0.104. The van der Waals surface area contributed by atoms with E-state index in [9.17, 15) is 4.79 Å². The van der Waals surface area contributed by atoms with Crippen LogP contribution in [0, 0.1) is 0 Å². The highest BCUT2D eigenvalue weighted by Crippen LogP contribution is 2.23. The quantitative estimate of drug-likeness (QED) is 0.304. The Balaban J connectivity index is 1.61. The molecule has 0 aliphatic rings. The van der Waals surface area contributed by atoms with E-state index in [4.69, 9.17) is 32.4 Å². The Morgan fingerprint density at radius 3 is 2.69 bits per heavy atom. The number of rotatable bonds is 6. The molecule has 2 aromatic carbocycles. The third kappa shape index (κ3) is 5.01. The topological polar surface area (TPSA) is 39.4 Å². The van der Waals surface area contributed by atoms with Crippen molar-refractivity contribution < 1.29 is 13.9 Å². The molecule has 0 spiro atoms. The Labute approximate surface area is 169 Å². The number of allylic oxidation sites excluding steroid dienone is 1. The summed E-state index contributed by atoms with van der Waals surface area (Å²) in [6, 6.07) is 15.9. The number of ketones is 1. The molecule has 0 unspecified atom stereocenters. The van der Waals surface area contributed by atoms with E-state index >= 15 is 0 Å². The van der Waals surface area contributed by atoms with Crippen LogP contribution in [0.2, 0.25) is 10.0 Å². The zero-order valence-electron chi connectivity index (χ0n) is 13.4. The van der Waals surface area contributed by atoms with Crippen molar-refractivity contribution in [3.05, 3.63) is 92.3 Å². The van der Waals surface area contributed by atoms with Crippen molar-refractivity contribution in [1.29, 1.82) is 0 Å². The van der Waals surface area contributed by atoms with Crippen molar-refractivity contribution in [2.75, 3.05) is 0 Å². The summed E-state index contributed by atoms with van der Waals surface area (Å²) in [6.45, 7) is 0.297. The molecule has 26 heavy (non-hydrogen) atoms. The molecule has 3 aromatic rings. The average molecular weight is 452 g/mol. The number of furan rings is 1.